The first-order valence-electron chi connectivity index (χ1n) is 10.2. The van der Waals surface area contributed by atoms with E-state index in [0.29, 0.717) is 16.7 Å². The number of thioether (sulfide) groups is 1. The van der Waals surface area contributed by atoms with Gasteiger partial charge in [-0.05, 0) is 18.4 Å². The van der Waals surface area contributed by atoms with E-state index in [-0.39, 0.29) is 24.3 Å². The molecule has 4 rings (SSSR count). The van der Waals surface area contributed by atoms with Crippen LogP contribution in [0.4, 0.5) is 0 Å². The maximum absolute atomic E-state index is 12.6. The molecule has 32 heavy (non-hydrogen) atoms. The minimum atomic E-state index is -0.899. The van der Waals surface area contributed by atoms with Crippen LogP contribution in [0.5, 0.6) is 5.75 Å². The van der Waals surface area contributed by atoms with E-state index in [1.807, 2.05) is 61.5 Å². The van der Waals surface area contributed by atoms with Crippen molar-refractivity contribution in [2.75, 3.05) is 12.4 Å². The first-order chi connectivity index (χ1) is 15.5. The standard InChI is InChI=1S/C23H24N4O4S/c1-3-4-12-32-23-24-20-19(21(29)25-22(30)26(20)2)27(23)13-16(28)14-31-18-11-7-9-15-8-5-6-10-17(15)18/h3-11,16,28H,12-14H2,1-2H3,(H,25,29,30). The smallest absolute Gasteiger partial charge is 0.329 e. The maximum Gasteiger partial charge on any atom is 0.329 e. The van der Waals surface area contributed by atoms with Gasteiger partial charge in [0.1, 0.15) is 18.5 Å². The molecule has 0 aliphatic carbocycles. The summed E-state index contributed by atoms with van der Waals surface area (Å²) in [6, 6.07) is 13.6. The SMILES string of the molecule is CC=CCSc1nc2c(c(=O)[nH]c(=O)n2C)n1CC(O)COc1cccc2ccccc12. The van der Waals surface area contributed by atoms with E-state index in [4.69, 9.17) is 4.74 Å². The molecular formula is C23H24N4O4S. The molecule has 0 aliphatic rings. The van der Waals surface area contributed by atoms with Gasteiger partial charge in [0, 0.05) is 18.2 Å². The van der Waals surface area contributed by atoms with Crippen LogP contribution >= 0.6 is 11.8 Å². The Hall–Kier alpha value is -3.30. The highest BCUT2D eigenvalue weighted by Crippen LogP contribution is 2.26. The Morgan fingerprint density at radius 2 is 2.00 bits per heavy atom. The normalized spacial score (nSPS) is 12.7. The molecule has 2 aromatic carbocycles. The molecule has 0 saturated heterocycles. The Balaban J connectivity index is 1.62. The van der Waals surface area contributed by atoms with Crippen molar-refractivity contribution in [3.63, 3.8) is 0 Å². The number of fused-ring (bicyclic) bond motifs is 2. The van der Waals surface area contributed by atoms with Crippen LogP contribution in [-0.2, 0) is 13.6 Å². The van der Waals surface area contributed by atoms with E-state index in [0.717, 1.165) is 10.8 Å². The predicted molar refractivity (Wildman–Crippen MR) is 127 cm³/mol. The lowest BCUT2D eigenvalue weighted by Crippen LogP contribution is -2.30. The second kappa shape index (κ2) is 9.46. The number of allylic oxidation sites excluding steroid dienone is 1. The van der Waals surface area contributed by atoms with Gasteiger partial charge in [0.05, 0.1) is 6.54 Å². The number of aliphatic hydroxyl groups excluding tert-OH is 1. The van der Waals surface area contributed by atoms with Crippen molar-refractivity contribution in [1.29, 1.82) is 0 Å². The Kier molecular flexibility index (Phi) is 6.48. The van der Waals surface area contributed by atoms with Crippen LogP contribution in [-0.4, -0.2) is 42.7 Å². The second-order valence-electron chi connectivity index (χ2n) is 7.32. The van der Waals surface area contributed by atoms with E-state index in [1.165, 1.54) is 16.3 Å². The molecule has 1 unspecified atom stereocenters. The first-order valence-corrected chi connectivity index (χ1v) is 11.2. The molecule has 2 N–H and O–H groups in total. The number of benzene rings is 2. The van der Waals surface area contributed by atoms with Crippen LogP contribution in [0.3, 0.4) is 0 Å². The number of aromatic amines is 1. The molecule has 4 aromatic rings. The van der Waals surface area contributed by atoms with Crippen molar-refractivity contribution < 1.29 is 9.84 Å². The fourth-order valence-electron chi connectivity index (χ4n) is 3.48. The fraction of sp³-hybridized carbons (Fsp3) is 0.261. The highest BCUT2D eigenvalue weighted by atomic mass is 32.2. The predicted octanol–water partition coefficient (Wildman–Crippen LogP) is 2.68. The van der Waals surface area contributed by atoms with Gasteiger partial charge in [-0.3, -0.25) is 14.3 Å². The molecular weight excluding hydrogens is 428 g/mol. The number of rotatable bonds is 8. The Labute approximate surface area is 188 Å². The summed E-state index contributed by atoms with van der Waals surface area (Å²) in [6.07, 6.45) is 3.00. The minimum absolute atomic E-state index is 0.0380. The number of nitrogens with one attached hydrogen (secondary N) is 1. The van der Waals surface area contributed by atoms with Crippen LogP contribution in [0.2, 0.25) is 0 Å². The van der Waals surface area contributed by atoms with Crippen molar-refractivity contribution in [2.45, 2.75) is 24.7 Å². The number of nitrogens with zero attached hydrogens (tertiary/aromatic N) is 3. The molecule has 0 spiro atoms. The van der Waals surface area contributed by atoms with Gasteiger partial charge in [-0.2, -0.15) is 0 Å². The third-order valence-corrected chi connectivity index (χ3v) is 6.02. The summed E-state index contributed by atoms with van der Waals surface area (Å²) in [5.74, 6) is 1.33. The number of H-pyrrole nitrogens is 1. The van der Waals surface area contributed by atoms with E-state index < -0.39 is 17.4 Å². The molecule has 166 valence electrons. The van der Waals surface area contributed by atoms with Crippen LogP contribution in [0.25, 0.3) is 21.9 Å². The first kappa shape index (κ1) is 21.9. The van der Waals surface area contributed by atoms with Gasteiger partial charge in [-0.15, -0.1) is 0 Å². The molecule has 0 amide bonds. The summed E-state index contributed by atoms with van der Waals surface area (Å²) >= 11 is 1.42. The monoisotopic (exact) mass is 452 g/mol. The van der Waals surface area contributed by atoms with Gasteiger partial charge in [-0.25, -0.2) is 9.78 Å². The molecule has 8 nitrogen and oxygen atoms in total. The van der Waals surface area contributed by atoms with E-state index in [9.17, 15) is 14.7 Å². The molecule has 0 bridgehead atoms. The third kappa shape index (κ3) is 4.35. The topological polar surface area (TPSA) is 102 Å². The minimum Gasteiger partial charge on any atom is -0.490 e. The summed E-state index contributed by atoms with van der Waals surface area (Å²) in [5, 5.41) is 13.3. The molecule has 0 fully saturated rings. The molecule has 0 aliphatic heterocycles. The van der Waals surface area contributed by atoms with Crippen molar-refractivity contribution in [2.24, 2.45) is 7.05 Å². The van der Waals surface area contributed by atoms with Crippen LogP contribution in [0.15, 0.2) is 69.4 Å². The average Bonchev–Trinajstić information content (AvgIpc) is 3.15. The van der Waals surface area contributed by atoms with Gasteiger partial charge in [0.25, 0.3) is 5.56 Å². The summed E-state index contributed by atoms with van der Waals surface area (Å²) in [7, 11) is 1.55. The van der Waals surface area contributed by atoms with E-state index in [2.05, 4.69) is 9.97 Å². The van der Waals surface area contributed by atoms with Gasteiger partial charge >= 0.3 is 5.69 Å². The Bertz CT molecular complexity index is 1400. The van der Waals surface area contributed by atoms with Gasteiger partial charge in [-0.1, -0.05) is 60.3 Å². The molecule has 9 heteroatoms. The van der Waals surface area contributed by atoms with Crippen LogP contribution < -0.4 is 16.0 Å². The summed E-state index contributed by atoms with van der Waals surface area (Å²) in [5.41, 5.74) is -0.532. The highest BCUT2D eigenvalue weighted by molar-refractivity contribution is 7.99. The Morgan fingerprint density at radius 3 is 2.81 bits per heavy atom. The number of aliphatic hydroxyl groups is 1. The average molecular weight is 453 g/mol. The molecule has 0 radical (unpaired) electrons. The van der Waals surface area contributed by atoms with Gasteiger partial charge < -0.3 is 14.4 Å². The number of aromatic nitrogens is 4. The van der Waals surface area contributed by atoms with Gasteiger partial charge in [0.15, 0.2) is 16.3 Å². The third-order valence-electron chi connectivity index (χ3n) is 5.09. The quantitative estimate of drug-likeness (QED) is 0.315. The fourth-order valence-corrected chi connectivity index (χ4v) is 4.39. The van der Waals surface area contributed by atoms with Crippen molar-refractivity contribution in [1.82, 2.24) is 19.1 Å². The largest absolute Gasteiger partial charge is 0.490 e. The number of ether oxygens (including phenoxy) is 1. The Morgan fingerprint density at radius 1 is 1.22 bits per heavy atom. The lowest BCUT2D eigenvalue weighted by molar-refractivity contribution is 0.0921. The zero-order valence-electron chi connectivity index (χ0n) is 17.8. The molecule has 2 heterocycles. The van der Waals surface area contributed by atoms with Crippen molar-refractivity contribution in [3.8, 4) is 5.75 Å². The van der Waals surface area contributed by atoms with E-state index >= 15 is 0 Å². The highest BCUT2D eigenvalue weighted by Gasteiger charge is 2.20. The molecule has 0 saturated carbocycles. The number of imidazole rings is 1. The van der Waals surface area contributed by atoms with E-state index in [1.54, 1.807) is 11.6 Å². The number of hydrogen-bond donors (Lipinski definition) is 2. The summed E-state index contributed by atoms with van der Waals surface area (Å²) in [4.78, 5) is 31.4. The van der Waals surface area contributed by atoms with Crippen molar-refractivity contribution in [3.05, 3.63) is 75.5 Å². The van der Waals surface area contributed by atoms with Crippen LogP contribution in [0.1, 0.15) is 6.92 Å². The lowest BCUT2D eigenvalue weighted by atomic mass is 10.1. The lowest BCUT2D eigenvalue weighted by Gasteiger charge is -2.16. The zero-order chi connectivity index (χ0) is 22.7. The molecule has 1 atom stereocenters. The summed E-state index contributed by atoms with van der Waals surface area (Å²) in [6.45, 7) is 2.06. The van der Waals surface area contributed by atoms with Crippen LogP contribution in [0, 0.1) is 0 Å². The summed E-state index contributed by atoms with van der Waals surface area (Å²) < 4.78 is 8.86. The zero-order valence-corrected chi connectivity index (χ0v) is 18.6. The maximum atomic E-state index is 12.6. The molecule has 2 aromatic heterocycles. The number of aryl methyl sites for hydroxylation is 1. The van der Waals surface area contributed by atoms with Gasteiger partial charge in [0.2, 0.25) is 0 Å². The van der Waals surface area contributed by atoms with Crippen molar-refractivity contribution >= 4 is 33.7 Å². The number of hydrogen-bond acceptors (Lipinski definition) is 6. The second-order valence-corrected chi connectivity index (χ2v) is 8.30.